The maximum Gasteiger partial charge on any atom is 0.416 e. The van der Waals surface area contributed by atoms with Crippen molar-refractivity contribution in [1.29, 1.82) is 0 Å². The number of amides is 1. The highest BCUT2D eigenvalue weighted by Gasteiger charge is 2.30. The van der Waals surface area contributed by atoms with Crippen molar-refractivity contribution in [2.75, 3.05) is 33.0 Å². The number of nitrogens with one attached hydrogen (secondary N) is 1. The maximum absolute atomic E-state index is 12.6. The van der Waals surface area contributed by atoms with Crippen LogP contribution in [0.1, 0.15) is 12.0 Å². The molecule has 1 aliphatic rings. The summed E-state index contributed by atoms with van der Waals surface area (Å²) in [5.74, 6) is 1.03. The third-order valence-corrected chi connectivity index (χ3v) is 4.99. The van der Waals surface area contributed by atoms with Crippen molar-refractivity contribution in [2.45, 2.75) is 12.6 Å². The number of likely N-dealkylation sites (tertiary alicyclic amines) is 1. The lowest BCUT2D eigenvalue weighted by atomic mass is 10.1. The zero-order chi connectivity index (χ0) is 21.6. The largest absolute Gasteiger partial charge is 0.484 e. The summed E-state index contributed by atoms with van der Waals surface area (Å²) in [6.45, 7) is 2.27. The van der Waals surface area contributed by atoms with E-state index in [1.165, 1.54) is 12.1 Å². The lowest BCUT2D eigenvalue weighted by molar-refractivity contribution is -0.137. The maximum atomic E-state index is 12.6. The fraction of sp³-hybridized carbons (Fsp3) is 0.381. The quantitative estimate of drug-likeness (QED) is 0.665. The SMILES string of the molecule is O=C(COc1ccc(Cl)cc1)NCC1CCN(COc2ccc(C(F)(F)F)cc2)C1. The smallest absolute Gasteiger partial charge is 0.416 e. The normalized spacial score (nSPS) is 17.0. The number of hydrogen-bond acceptors (Lipinski definition) is 4. The van der Waals surface area contributed by atoms with E-state index < -0.39 is 11.7 Å². The number of hydrogen-bond donors (Lipinski definition) is 1. The van der Waals surface area contributed by atoms with Gasteiger partial charge in [-0.1, -0.05) is 11.6 Å². The van der Waals surface area contributed by atoms with Crippen molar-refractivity contribution >= 4 is 17.5 Å². The van der Waals surface area contributed by atoms with Gasteiger partial charge in [-0.2, -0.15) is 13.2 Å². The average Bonchev–Trinajstić information content (AvgIpc) is 3.18. The summed E-state index contributed by atoms with van der Waals surface area (Å²) in [6.07, 6.45) is -3.46. The molecule has 2 aromatic rings. The fourth-order valence-corrected chi connectivity index (χ4v) is 3.22. The standard InChI is InChI=1S/C21H22ClF3N2O3/c22-17-3-7-18(8-4-17)29-13-20(28)26-11-15-9-10-27(12-15)14-30-19-5-1-16(2-6-19)21(23,24)25/h1-8,15H,9-14H2,(H,26,28). The van der Waals surface area contributed by atoms with Crippen LogP contribution in [0.2, 0.25) is 5.02 Å². The third-order valence-electron chi connectivity index (χ3n) is 4.74. The molecule has 1 heterocycles. The van der Waals surface area contributed by atoms with Crippen molar-refractivity contribution in [3.63, 3.8) is 0 Å². The summed E-state index contributed by atoms with van der Waals surface area (Å²) in [6, 6.07) is 11.4. The van der Waals surface area contributed by atoms with Crippen LogP contribution in [0.3, 0.4) is 0 Å². The van der Waals surface area contributed by atoms with Crippen LogP contribution in [0, 0.1) is 5.92 Å². The second-order valence-corrected chi connectivity index (χ2v) is 7.51. The summed E-state index contributed by atoms with van der Waals surface area (Å²) >= 11 is 5.80. The van der Waals surface area contributed by atoms with Crippen molar-refractivity contribution in [2.24, 2.45) is 5.92 Å². The van der Waals surface area contributed by atoms with E-state index >= 15 is 0 Å². The van der Waals surface area contributed by atoms with E-state index in [1.807, 2.05) is 0 Å². The van der Waals surface area contributed by atoms with Gasteiger partial charge in [0.2, 0.25) is 0 Å². The molecule has 1 fully saturated rings. The topological polar surface area (TPSA) is 50.8 Å². The Morgan fingerprint density at radius 1 is 1.07 bits per heavy atom. The Morgan fingerprint density at radius 3 is 2.37 bits per heavy atom. The van der Waals surface area contributed by atoms with Crippen LogP contribution in [-0.2, 0) is 11.0 Å². The molecule has 1 atom stereocenters. The number of ether oxygens (including phenoxy) is 2. The van der Waals surface area contributed by atoms with Gasteiger partial charge >= 0.3 is 6.18 Å². The van der Waals surface area contributed by atoms with E-state index in [2.05, 4.69) is 10.2 Å². The highest BCUT2D eigenvalue weighted by atomic mass is 35.5. The van der Waals surface area contributed by atoms with E-state index in [0.29, 0.717) is 23.1 Å². The molecule has 9 heteroatoms. The van der Waals surface area contributed by atoms with Crippen molar-refractivity contribution < 1.29 is 27.4 Å². The number of rotatable bonds is 8. The van der Waals surface area contributed by atoms with Gasteiger partial charge in [0, 0.05) is 24.7 Å². The Balaban J connectivity index is 1.33. The number of nitrogens with zero attached hydrogens (tertiary/aromatic N) is 1. The van der Waals surface area contributed by atoms with Crippen LogP contribution in [0.5, 0.6) is 11.5 Å². The highest BCUT2D eigenvalue weighted by molar-refractivity contribution is 6.30. The zero-order valence-corrected chi connectivity index (χ0v) is 16.9. The molecule has 162 valence electrons. The van der Waals surface area contributed by atoms with E-state index in [0.717, 1.165) is 31.6 Å². The minimum atomic E-state index is -4.36. The first kappa shape index (κ1) is 22.2. The summed E-state index contributed by atoms with van der Waals surface area (Å²) in [5, 5.41) is 3.45. The number of halogens is 4. The number of benzene rings is 2. The van der Waals surface area contributed by atoms with E-state index in [9.17, 15) is 18.0 Å². The number of carbonyl (C=O) groups excluding carboxylic acids is 1. The van der Waals surface area contributed by atoms with E-state index in [-0.39, 0.29) is 25.2 Å². The Bertz CT molecular complexity index is 829. The van der Waals surface area contributed by atoms with Crippen LogP contribution < -0.4 is 14.8 Å². The lowest BCUT2D eigenvalue weighted by Gasteiger charge is -2.17. The molecule has 1 amide bonds. The fourth-order valence-electron chi connectivity index (χ4n) is 3.09. The molecule has 1 unspecified atom stereocenters. The molecule has 0 radical (unpaired) electrons. The molecule has 3 rings (SSSR count). The molecule has 0 spiro atoms. The average molecular weight is 443 g/mol. The van der Waals surface area contributed by atoms with Crippen LogP contribution in [0.25, 0.3) is 0 Å². The summed E-state index contributed by atoms with van der Waals surface area (Å²) in [7, 11) is 0. The predicted octanol–water partition coefficient (Wildman–Crippen LogP) is 4.21. The Hall–Kier alpha value is -2.45. The Morgan fingerprint density at radius 2 is 1.70 bits per heavy atom. The molecule has 1 aliphatic heterocycles. The monoisotopic (exact) mass is 442 g/mol. The first-order valence-corrected chi connectivity index (χ1v) is 9.85. The molecule has 1 N–H and O–H groups in total. The predicted molar refractivity (Wildman–Crippen MR) is 107 cm³/mol. The molecule has 2 aromatic carbocycles. The second-order valence-electron chi connectivity index (χ2n) is 7.07. The van der Waals surface area contributed by atoms with Gasteiger partial charge in [-0.15, -0.1) is 0 Å². The van der Waals surface area contributed by atoms with Gasteiger partial charge in [0.05, 0.1) is 5.56 Å². The van der Waals surface area contributed by atoms with Gasteiger partial charge in [0.25, 0.3) is 5.91 Å². The lowest BCUT2D eigenvalue weighted by Crippen LogP contribution is -2.34. The van der Waals surface area contributed by atoms with Gasteiger partial charge in [0.15, 0.2) is 6.61 Å². The van der Waals surface area contributed by atoms with Gasteiger partial charge < -0.3 is 14.8 Å². The molecule has 0 aromatic heterocycles. The summed E-state index contributed by atoms with van der Waals surface area (Å²) < 4.78 is 48.7. The van der Waals surface area contributed by atoms with Crippen molar-refractivity contribution in [3.05, 3.63) is 59.1 Å². The van der Waals surface area contributed by atoms with Crippen LogP contribution >= 0.6 is 11.6 Å². The molecule has 30 heavy (non-hydrogen) atoms. The third kappa shape index (κ3) is 6.81. The van der Waals surface area contributed by atoms with Crippen molar-refractivity contribution in [3.8, 4) is 11.5 Å². The minimum absolute atomic E-state index is 0.0743. The first-order chi connectivity index (χ1) is 14.3. The van der Waals surface area contributed by atoms with Gasteiger partial charge in [-0.25, -0.2) is 0 Å². The molecular formula is C21H22ClF3N2O3. The van der Waals surface area contributed by atoms with Gasteiger partial charge in [-0.3, -0.25) is 9.69 Å². The molecule has 1 saturated heterocycles. The van der Waals surface area contributed by atoms with Gasteiger partial charge in [-0.05, 0) is 60.9 Å². The molecule has 0 saturated carbocycles. The molecule has 0 bridgehead atoms. The van der Waals surface area contributed by atoms with Crippen LogP contribution in [0.4, 0.5) is 13.2 Å². The number of carbonyl (C=O) groups is 1. The molecular weight excluding hydrogens is 421 g/mol. The highest BCUT2D eigenvalue weighted by Crippen LogP contribution is 2.30. The van der Waals surface area contributed by atoms with Crippen LogP contribution in [-0.4, -0.2) is 43.8 Å². The Kier molecular flexibility index (Phi) is 7.44. The molecule has 5 nitrogen and oxygen atoms in total. The van der Waals surface area contributed by atoms with Crippen molar-refractivity contribution in [1.82, 2.24) is 10.2 Å². The number of alkyl halides is 3. The van der Waals surface area contributed by atoms with Crippen LogP contribution in [0.15, 0.2) is 48.5 Å². The zero-order valence-electron chi connectivity index (χ0n) is 16.1. The summed E-state index contributed by atoms with van der Waals surface area (Å²) in [5.41, 5.74) is -0.702. The Labute approximate surface area is 177 Å². The minimum Gasteiger partial charge on any atom is -0.484 e. The van der Waals surface area contributed by atoms with E-state index in [1.54, 1.807) is 24.3 Å². The van der Waals surface area contributed by atoms with Gasteiger partial charge in [0.1, 0.15) is 18.2 Å². The molecule has 0 aliphatic carbocycles. The second kappa shape index (κ2) is 10.0. The first-order valence-electron chi connectivity index (χ1n) is 9.47. The summed E-state index contributed by atoms with van der Waals surface area (Å²) in [4.78, 5) is 14.0. The van der Waals surface area contributed by atoms with E-state index in [4.69, 9.17) is 21.1 Å².